The molecule has 0 radical (unpaired) electrons. The molecule has 2 aromatic rings. The predicted octanol–water partition coefficient (Wildman–Crippen LogP) is 3.13. The number of ether oxygens (including phenoxy) is 2. The zero-order valence-corrected chi connectivity index (χ0v) is 15.6. The third kappa shape index (κ3) is 4.76. The lowest BCUT2D eigenvalue weighted by Crippen LogP contribution is -2.15. The Balaban J connectivity index is 2.24. The maximum atomic E-state index is 12.6. The van der Waals surface area contributed by atoms with Gasteiger partial charge in [-0.3, -0.25) is 19.7 Å². The van der Waals surface area contributed by atoms with Crippen LogP contribution in [-0.4, -0.2) is 36.1 Å². The molecule has 0 aliphatic rings. The summed E-state index contributed by atoms with van der Waals surface area (Å²) in [7, 11) is 2.70. The van der Waals surface area contributed by atoms with Crippen molar-refractivity contribution in [3.05, 3.63) is 57.6 Å². The van der Waals surface area contributed by atoms with Crippen molar-refractivity contribution in [2.24, 2.45) is 5.92 Å². The van der Waals surface area contributed by atoms with E-state index in [0.29, 0.717) is 12.1 Å². The lowest BCUT2D eigenvalue weighted by atomic mass is 10.0. The van der Waals surface area contributed by atoms with Gasteiger partial charge in [0.1, 0.15) is 5.56 Å². The summed E-state index contributed by atoms with van der Waals surface area (Å²) in [6.07, 6.45) is 0.352. The minimum atomic E-state index is -0.891. The summed E-state index contributed by atoms with van der Waals surface area (Å²) in [6.45, 7) is 1.61. The topological polar surface area (TPSA) is 128 Å². The van der Waals surface area contributed by atoms with Crippen LogP contribution in [0.15, 0.2) is 36.4 Å². The van der Waals surface area contributed by atoms with Gasteiger partial charge in [-0.1, -0.05) is 19.1 Å². The van der Waals surface area contributed by atoms with E-state index < -0.39 is 28.4 Å². The van der Waals surface area contributed by atoms with E-state index in [4.69, 9.17) is 14.6 Å². The van der Waals surface area contributed by atoms with Gasteiger partial charge < -0.3 is 19.9 Å². The Kier molecular flexibility index (Phi) is 6.54. The molecule has 0 aliphatic heterocycles. The second kappa shape index (κ2) is 8.85. The van der Waals surface area contributed by atoms with Crippen molar-refractivity contribution < 1.29 is 29.1 Å². The summed E-state index contributed by atoms with van der Waals surface area (Å²) >= 11 is 0. The largest absolute Gasteiger partial charge is 0.493 e. The van der Waals surface area contributed by atoms with Crippen molar-refractivity contribution >= 4 is 23.3 Å². The number of nitro groups is 1. The number of hydrogen-bond donors (Lipinski definition) is 2. The van der Waals surface area contributed by atoms with Crippen molar-refractivity contribution in [3.63, 3.8) is 0 Å². The lowest BCUT2D eigenvalue weighted by Gasteiger charge is -2.11. The van der Waals surface area contributed by atoms with Crippen LogP contribution in [0.4, 0.5) is 11.4 Å². The molecule has 1 atom stereocenters. The average Bonchev–Trinajstić information content (AvgIpc) is 2.67. The number of amides is 1. The summed E-state index contributed by atoms with van der Waals surface area (Å²) in [5, 5.41) is 22.9. The number of nitrogens with one attached hydrogen (secondary N) is 1. The van der Waals surface area contributed by atoms with Crippen molar-refractivity contribution in [1.82, 2.24) is 0 Å². The van der Waals surface area contributed by atoms with Crippen molar-refractivity contribution in [2.45, 2.75) is 13.3 Å². The molecule has 28 heavy (non-hydrogen) atoms. The quantitative estimate of drug-likeness (QED) is 0.525. The van der Waals surface area contributed by atoms with Crippen molar-refractivity contribution in [3.8, 4) is 11.5 Å². The van der Waals surface area contributed by atoms with Gasteiger partial charge in [-0.15, -0.1) is 0 Å². The first-order valence-corrected chi connectivity index (χ1v) is 8.30. The Morgan fingerprint density at radius 2 is 1.71 bits per heavy atom. The molecule has 0 spiro atoms. The van der Waals surface area contributed by atoms with Crippen LogP contribution in [0.2, 0.25) is 0 Å². The molecule has 0 heterocycles. The summed E-state index contributed by atoms with van der Waals surface area (Å²) in [5.74, 6) is -1.77. The fourth-order valence-electron chi connectivity index (χ4n) is 2.56. The number of carboxylic acids is 1. The van der Waals surface area contributed by atoms with Crippen LogP contribution in [-0.2, 0) is 11.2 Å². The first-order valence-electron chi connectivity index (χ1n) is 8.30. The molecule has 1 amide bonds. The predicted molar refractivity (Wildman–Crippen MR) is 101 cm³/mol. The number of carbonyl (C=O) groups excluding carboxylic acids is 1. The van der Waals surface area contributed by atoms with E-state index in [2.05, 4.69) is 5.32 Å². The minimum Gasteiger partial charge on any atom is -0.493 e. The molecule has 2 N–H and O–H groups in total. The molecule has 1 unspecified atom stereocenters. The zero-order valence-electron chi connectivity index (χ0n) is 15.6. The normalized spacial score (nSPS) is 11.4. The number of carboxylic acid groups (broad SMARTS) is 1. The number of aliphatic carboxylic acids is 1. The highest BCUT2D eigenvalue weighted by atomic mass is 16.6. The number of nitrogens with zero attached hydrogens (tertiary/aromatic N) is 1. The fourth-order valence-corrected chi connectivity index (χ4v) is 2.56. The highest BCUT2D eigenvalue weighted by Crippen LogP contribution is 2.34. The third-order valence-electron chi connectivity index (χ3n) is 4.12. The van der Waals surface area contributed by atoms with Crippen molar-refractivity contribution in [1.29, 1.82) is 0 Å². The Labute approximate surface area is 161 Å². The van der Waals surface area contributed by atoms with E-state index in [1.54, 1.807) is 31.2 Å². The molecule has 2 rings (SSSR count). The summed E-state index contributed by atoms with van der Waals surface area (Å²) in [5.41, 5.74) is 0.624. The van der Waals surface area contributed by atoms with Crippen LogP contribution in [0.5, 0.6) is 11.5 Å². The lowest BCUT2D eigenvalue weighted by molar-refractivity contribution is -0.385. The first kappa shape index (κ1) is 20.7. The van der Waals surface area contributed by atoms with E-state index in [-0.39, 0.29) is 17.1 Å². The number of methoxy groups -OCH3 is 2. The molecule has 0 fully saturated rings. The third-order valence-corrected chi connectivity index (χ3v) is 4.12. The van der Waals surface area contributed by atoms with Crippen LogP contribution >= 0.6 is 0 Å². The Morgan fingerprint density at radius 1 is 1.14 bits per heavy atom. The summed E-state index contributed by atoms with van der Waals surface area (Å²) in [4.78, 5) is 34.2. The van der Waals surface area contributed by atoms with Crippen LogP contribution in [0.1, 0.15) is 22.8 Å². The molecule has 9 nitrogen and oxygen atoms in total. The monoisotopic (exact) mass is 388 g/mol. The fraction of sp³-hybridized carbons (Fsp3) is 0.263. The van der Waals surface area contributed by atoms with Crippen LogP contribution in [0, 0.1) is 16.0 Å². The van der Waals surface area contributed by atoms with E-state index >= 15 is 0 Å². The van der Waals surface area contributed by atoms with Gasteiger partial charge in [0.15, 0.2) is 11.5 Å². The van der Waals surface area contributed by atoms with Gasteiger partial charge in [0.05, 0.1) is 31.1 Å². The van der Waals surface area contributed by atoms with Gasteiger partial charge in [-0.25, -0.2) is 0 Å². The maximum Gasteiger partial charge on any atom is 0.306 e. The molecule has 0 bridgehead atoms. The second-order valence-electron chi connectivity index (χ2n) is 6.08. The molecule has 0 saturated heterocycles. The highest BCUT2D eigenvalue weighted by Gasteiger charge is 2.24. The van der Waals surface area contributed by atoms with Gasteiger partial charge in [0.25, 0.3) is 11.6 Å². The number of hydrogen-bond acceptors (Lipinski definition) is 6. The average molecular weight is 388 g/mol. The molecular formula is C19H20N2O7. The van der Waals surface area contributed by atoms with E-state index in [0.717, 1.165) is 11.6 Å². The van der Waals surface area contributed by atoms with Gasteiger partial charge >= 0.3 is 5.97 Å². The Morgan fingerprint density at radius 3 is 2.21 bits per heavy atom. The smallest absolute Gasteiger partial charge is 0.306 e. The standard InChI is InChI=1S/C19H20N2O7/c1-11(19(23)24)8-12-4-6-13(7-5-12)20-18(22)14-9-16(27-2)17(28-3)10-15(14)21(25)26/h4-7,9-11H,8H2,1-3H3,(H,20,22)(H,23,24). The first-order chi connectivity index (χ1) is 13.3. The molecule has 148 valence electrons. The molecule has 2 aromatic carbocycles. The molecule has 9 heteroatoms. The maximum absolute atomic E-state index is 12.6. The van der Waals surface area contributed by atoms with Gasteiger partial charge in [-0.05, 0) is 24.1 Å². The number of carbonyl (C=O) groups is 2. The SMILES string of the molecule is COc1cc(C(=O)Nc2ccc(CC(C)C(=O)O)cc2)c([N+](=O)[O-])cc1OC. The van der Waals surface area contributed by atoms with Crippen LogP contribution < -0.4 is 14.8 Å². The van der Waals surface area contributed by atoms with E-state index in [1.165, 1.54) is 20.3 Å². The minimum absolute atomic E-state index is 0.141. The number of rotatable bonds is 8. The summed E-state index contributed by atoms with van der Waals surface area (Å²) in [6, 6.07) is 8.97. The molecule has 0 aromatic heterocycles. The van der Waals surface area contributed by atoms with Crippen LogP contribution in [0.3, 0.4) is 0 Å². The second-order valence-corrected chi connectivity index (χ2v) is 6.08. The zero-order chi connectivity index (χ0) is 20.8. The van der Waals surface area contributed by atoms with Gasteiger partial charge in [-0.2, -0.15) is 0 Å². The molecule has 0 aliphatic carbocycles. The van der Waals surface area contributed by atoms with Crippen molar-refractivity contribution in [2.75, 3.05) is 19.5 Å². The Hall–Kier alpha value is -3.62. The number of benzene rings is 2. The number of nitro benzene ring substituents is 1. The molecular weight excluding hydrogens is 368 g/mol. The van der Waals surface area contributed by atoms with Gasteiger partial charge in [0, 0.05) is 11.8 Å². The van der Waals surface area contributed by atoms with E-state index in [1.807, 2.05) is 0 Å². The van der Waals surface area contributed by atoms with E-state index in [9.17, 15) is 19.7 Å². The summed E-state index contributed by atoms with van der Waals surface area (Å²) < 4.78 is 10.1. The Bertz CT molecular complexity index is 894. The van der Waals surface area contributed by atoms with Crippen LogP contribution in [0.25, 0.3) is 0 Å². The number of anilines is 1. The molecule has 0 saturated carbocycles. The van der Waals surface area contributed by atoms with Gasteiger partial charge in [0.2, 0.25) is 0 Å². The highest BCUT2D eigenvalue weighted by molar-refractivity contribution is 6.07.